The summed E-state index contributed by atoms with van der Waals surface area (Å²) in [6, 6.07) is 9.93. The zero-order valence-corrected chi connectivity index (χ0v) is 15.8. The molecule has 1 rings (SSSR count). The van der Waals surface area contributed by atoms with Crippen molar-refractivity contribution in [1.29, 1.82) is 0 Å². The van der Waals surface area contributed by atoms with Crippen molar-refractivity contribution in [3.63, 3.8) is 0 Å². The number of benzene rings is 1. The Morgan fingerprint density at radius 2 is 1.69 bits per heavy atom. The lowest BCUT2D eigenvalue weighted by atomic mass is 10.2. The molecule has 1 aromatic carbocycles. The van der Waals surface area contributed by atoms with Crippen molar-refractivity contribution in [2.45, 2.75) is 46.0 Å². The van der Waals surface area contributed by atoms with Gasteiger partial charge in [-0.3, -0.25) is 0 Å². The number of ether oxygens (including phenoxy) is 1. The van der Waals surface area contributed by atoms with Gasteiger partial charge in [0.25, 0.3) is 0 Å². The second kappa shape index (κ2) is 17.2. The zero-order chi connectivity index (χ0) is 19.5. The molecule has 0 aliphatic carbocycles. The second-order valence-corrected chi connectivity index (χ2v) is 5.53. The Morgan fingerprint density at radius 1 is 1.00 bits per heavy atom. The average Bonchev–Trinajstić information content (AvgIpc) is 2.64. The first-order valence-electron chi connectivity index (χ1n) is 9.06. The Labute approximate surface area is 156 Å². The van der Waals surface area contributed by atoms with Gasteiger partial charge in [-0.15, -0.1) is 0 Å². The summed E-state index contributed by atoms with van der Waals surface area (Å²) in [5, 5.41) is 8.13. The molecule has 0 unspecified atom stereocenters. The van der Waals surface area contributed by atoms with E-state index >= 15 is 0 Å². The number of esters is 1. The van der Waals surface area contributed by atoms with E-state index in [1.54, 1.807) is 12.2 Å². The molecule has 0 aliphatic rings. The molecule has 0 aliphatic heterocycles. The summed E-state index contributed by atoms with van der Waals surface area (Å²) in [5.74, 6) is -1.14. The van der Waals surface area contributed by atoms with E-state index in [-0.39, 0.29) is 5.97 Å². The Hall–Kier alpha value is -2.62. The van der Waals surface area contributed by atoms with Crippen LogP contribution in [0.15, 0.2) is 60.7 Å². The van der Waals surface area contributed by atoms with Crippen LogP contribution in [-0.2, 0) is 14.3 Å². The van der Waals surface area contributed by atoms with Gasteiger partial charge in [0.15, 0.2) is 0 Å². The van der Waals surface area contributed by atoms with E-state index < -0.39 is 5.97 Å². The van der Waals surface area contributed by atoms with E-state index in [2.05, 4.69) is 13.8 Å². The lowest BCUT2D eigenvalue weighted by molar-refractivity contribution is -0.138. The summed E-state index contributed by atoms with van der Waals surface area (Å²) in [6.45, 7) is 4.64. The summed E-state index contributed by atoms with van der Waals surface area (Å²) in [6.07, 6.45) is 14.8. The van der Waals surface area contributed by atoms with E-state index in [0.717, 1.165) is 37.7 Å². The monoisotopic (exact) mass is 358 g/mol. The molecule has 0 fully saturated rings. The normalized spacial score (nSPS) is 10.8. The van der Waals surface area contributed by atoms with Gasteiger partial charge in [0, 0.05) is 12.2 Å². The van der Waals surface area contributed by atoms with Crippen LogP contribution in [0.2, 0.25) is 0 Å². The first-order valence-corrected chi connectivity index (χ1v) is 9.06. The van der Waals surface area contributed by atoms with Crippen molar-refractivity contribution in [3.8, 4) is 0 Å². The third-order valence-electron chi connectivity index (χ3n) is 3.16. The smallest absolute Gasteiger partial charge is 0.330 e. The van der Waals surface area contributed by atoms with Gasteiger partial charge in [-0.1, -0.05) is 87.7 Å². The molecule has 4 heteroatoms. The summed E-state index contributed by atoms with van der Waals surface area (Å²) >= 11 is 0. The van der Waals surface area contributed by atoms with Crippen LogP contribution in [0.5, 0.6) is 0 Å². The number of carboxylic acid groups (broad SMARTS) is 1. The van der Waals surface area contributed by atoms with Gasteiger partial charge in [-0.05, 0) is 18.4 Å². The lowest BCUT2D eigenvalue weighted by Crippen LogP contribution is -2.01. The van der Waals surface area contributed by atoms with Crippen LogP contribution in [0, 0.1) is 0 Å². The van der Waals surface area contributed by atoms with Crippen LogP contribution in [-0.4, -0.2) is 23.7 Å². The highest BCUT2D eigenvalue weighted by atomic mass is 16.5. The Bertz CT molecular complexity index is 571. The minimum Gasteiger partial charge on any atom is -0.478 e. The zero-order valence-electron chi connectivity index (χ0n) is 15.8. The van der Waals surface area contributed by atoms with Gasteiger partial charge in [0.2, 0.25) is 0 Å². The number of aliphatic carboxylic acids is 1. The Balaban J connectivity index is 0.000000590. The quantitative estimate of drug-likeness (QED) is 0.263. The first kappa shape index (κ1) is 23.4. The molecule has 0 amide bonds. The molecular formula is C22H30O4. The number of carboxylic acids is 1. The number of rotatable bonds is 10. The number of carbonyl (C=O) groups excluding carboxylic acids is 1. The van der Waals surface area contributed by atoms with Crippen molar-refractivity contribution in [2.75, 3.05) is 6.61 Å². The minimum atomic E-state index is -0.855. The number of unbranched alkanes of at least 4 members (excludes halogenated alkanes) is 3. The van der Waals surface area contributed by atoms with Gasteiger partial charge in [0.1, 0.15) is 0 Å². The molecule has 26 heavy (non-hydrogen) atoms. The predicted molar refractivity (Wildman–Crippen MR) is 107 cm³/mol. The number of hydrogen-bond donors (Lipinski definition) is 1. The highest BCUT2D eigenvalue weighted by molar-refractivity contribution is 5.82. The van der Waals surface area contributed by atoms with Crippen molar-refractivity contribution in [2.24, 2.45) is 0 Å². The van der Waals surface area contributed by atoms with Crippen LogP contribution in [0.3, 0.4) is 0 Å². The molecule has 0 aromatic heterocycles. The highest BCUT2D eigenvalue weighted by Gasteiger charge is 1.93. The molecule has 142 valence electrons. The molecule has 0 saturated carbocycles. The third kappa shape index (κ3) is 16.2. The molecule has 0 heterocycles. The van der Waals surface area contributed by atoms with Gasteiger partial charge < -0.3 is 9.84 Å². The van der Waals surface area contributed by atoms with Gasteiger partial charge in [0.05, 0.1) is 6.61 Å². The summed E-state index contributed by atoms with van der Waals surface area (Å²) < 4.78 is 4.98. The van der Waals surface area contributed by atoms with E-state index in [0.29, 0.717) is 6.61 Å². The maximum atomic E-state index is 11.2. The lowest BCUT2D eigenvalue weighted by Gasteiger charge is -1.98. The maximum Gasteiger partial charge on any atom is 0.330 e. The van der Waals surface area contributed by atoms with Crippen molar-refractivity contribution < 1.29 is 19.4 Å². The van der Waals surface area contributed by atoms with E-state index in [9.17, 15) is 9.59 Å². The third-order valence-corrected chi connectivity index (χ3v) is 3.16. The van der Waals surface area contributed by atoms with Gasteiger partial charge in [-0.2, -0.15) is 0 Å². The fourth-order valence-corrected chi connectivity index (χ4v) is 1.74. The number of hydrogen-bond acceptors (Lipinski definition) is 3. The largest absolute Gasteiger partial charge is 0.478 e. The maximum absolute atomic E-state index is 11.2. The molecule has 0 radical (unpaired) electrons. The van der Waals surface area contributed by atoms with E-state index in [4.69, 9.17) is 9.84 Å². The van der Waals surface area contributed by atoms with Crippen LogP contribution in [0.4, 0.5) is 0 Å². The Morgan fingerprint density at radius 3 is 2.31 bits per heavy atom. The summed E-state index contributed by atoms with van der Waals surface area (Å²) in [5.41, 5.74) is 1.11. The Kier molecular flexibility index (Phi) is 15.5. The first-order chi connectivity index (χ1) is 12.6. The molecular weight excluding hydrogens is 328 g/mol. The topological polar surface area (TPSA) is 63.6 Å². The summed E-state index contributed by atoms with van der Waals surface area (Å²) in [7, 11) is 0. The molecule has 4 nitrogen and oxygen atoms in total. The molecule has 0 bridgehead atoms. The van der Waals surface area contributed by atoms with E-state index in [1.807, 2.05) is 42.5 Å². The second-order valence-electron chi connectivity index (χ2n) is 5.53. The van der Waals surface area contributed by atoms with Crippen molar-refractivity contribution in [1.82, 2.24) is 0 Å². The summed E-state index contributed by atoms with van der Waals surface area (Å²) in [4.78, 5) is 21.1. The minimum absolute atomic E-state index is 0.281. The van der Waals surface area contributed by atoms with Crippen molar-refractivity contribution >= 4 is 18.0 Å². The van der Waals surface area contributed by atoms with Crippen molar-refractivity contribution in [3.05, 3.63) is 66.3 Å². The van der Waals surface area contributed by atoms with Crippen LogP contribution >= 0.6 is 0 Å². The number of carbonyl (C=O) groups is 2. The molecule has 0 atom stereocenters. The van der Waals surface area contributed by atoms with Gasteiger partial charge in [-0.25, -0.2) is 9.59 Å². The SMILES string of the molecule is CCCCC=CC(=O)O.CCCCOC(=O)C=CC=Cc1ccccc1. The average molecular weight is 358 g/mol. The van der Waals surface area contributed by atoms with Crippen LogP contribution in [0.1, 0.15) is 51.5 Å². The van der Waals surface area contributed by atoms with E-state index in [1.165, 1.54) is 12.2 Å². The van der Waals surface area contributed by atoms with Crippen LogP contribution < -0.4 is 0 Å². The fraction of sp³-hybridized carbons (Fsp3) is 0.364. The van der Waals surface area contributed by atoms with Gasteiger partial charge >= 0.3 is 11.9 Å². The number of allylic oxidation sites excluding steroid dienone is 3. The molecule has 1 N–H and O–H groups in total. The molecule has 0 spiro atoms. The molecule has 1 aromatic rings. The molecule has 0 saturated heterocycles. The van der Waals surface area contributed by atoms with Crippen LogP contribution in [0.25, 0.3) is 6.08 Å². The predicted octanol–water partition coefficient (Wildman–Crippen LogP) is 5.42. The standard InChI is InChI=1S/C15H18O2.C7H12O2/c1-2-3-13-17-15(16)12-8-7-11-14-9-5-4-6-10-14;1-2-3-4-5-6-7(8)9/h4-12H,2-3,13H2,1H3;5-6H,2-4H2,1H3,(H,8,9). The highest BCUT2D eigenvalue weighted by Crippen LogP contribution is 2.00. The fourth-order valence-electron chi connectivity index (χ4n) is 1.74.